The van der Waals surface area contributed by atoms with E-state index in [0.29, 0.717) is 5.92 Å². The largest absolute Gasteiger partial charge is 0.299 e. The molecule has 2 unspecified atom stereocenters. The zero-order valence-electron chi connectivity index (χ0n) is 10.6. The van der Waals surface area contributed by atoms with Crippen LogP contribution in [0.4, 0.5) is 0 Å². The summed E-state index contributed by atoms with van der Waals surface area (Å²) in [5.41, 5.74) is -0.207. The third-order valence-corrected chi connectivity index (χ3v) is 4.69. The molecule has 1 rings (SSSR count). The molecule has 3 heteroatoms. The van der Waals surface area contributed by atoms with Crippen molar-refractivity contribution in [2.24, 2.45) is 5.92 Å². The van der Waals surface area contributed by atoms with E-state index >= 15 is 0 Å². The molecular weight excluding hydrogens is 216 g/mol. The molecule has 0 aliphatic heterocycles. The first-order chi connectivity index (χ1) is 7.79. The lowest BCUT2D eigenvalue weighted by atomic mass is 9.86. The number of hydrogen-bond donors (Lipinski definition) is 1. The minimum Gasteiger partial charge on any atom is -0.299 e. The Labute approximate surface area is 104 Å². The number of nitriles is 1. The fourth-order valence-electron chi connectivity index (χ4n) is 2.68. The second-order valence-corrected chi connectivity index (χ2v) is 5.83. The molecule has 16 heavy (non-hydrogen) atoms. The van der Waals surface area contributed by atoms with Crippen LogP contribution in [0.5, 0.6) is 0 Å². The summed E-state index contributed by atoms with van der Waals surface area (Å²) in [4.78, 5) is 0. The van der Waals surface area contributed by atoms with Crippen LogP contribution >= 0.6 is 11.8 Å². The van der Waals surface area contributed by atoms with Crippen molar-refractivity contribution in [1.82, 2.24) is 5.32 Å². The van der Waals surface area contributed by atoms with Crippen LogP contribution in [0.15, 0.2) is 0 Å². The van der Waals surface area contributed by atoms with Gasteiger partial charge in [0.2, 0.25) is 0 Å². The molecule has 0 aromatic heterocycles. The van der Waals surface area contributed by atoms with E-state index < -0.39 is 0 Å². The minimum atomic E-state index is -0.207. The van der Waals surface area contributed by atoms with Gasteiger partial charge in [0, 0.05) is 0 Å². The Balaban J connectivity index is 2.41. The third kappa shape index (κ3) is 3.40. The lowest BCUT2D eigenvalue weighted by Gasteiger charge is -2.29. The average molecular weight is 240 g/mol. The van der Waals surface area contributed by atoms with Crippen LogP contribution in [-0.4, -0.2) is 23.6 Å². The van der Waals surface area contributed by atoms with Crippen molar-refractivity contribution in [3.8, 4) is 6.07 Å². The van der Waals surface area contributed by atoms with Crippen molar-refractivity contribution in [2.75, 3.05) is 18.1 Å². The highest BCUT2D eigenvalue weighted by Crippen LogP contribution is 2.38. The third-order valence-electron chi connectivity index (χ3n) is 3.47. The summed E-state index contributed by atoms with van der Waals surface area (Å²) in [7, 11) is 0. The van der Waals surface area contributed by atoms with Gasteiger partial charge in [0.1, 0.15) is 5.54 Å². The van der Waals surface area contributed by atoms with Gasteiger partial charge in [-0.15, -0.1) is 0 Å². The molecule has 1 saturated carbocycles. The second kappa shape index (κ2) is 7.19. The highest BCUT2D eigenvalue weighted by Gasteiger charge is 2.41. The molecule has 1 aliphatic carbocycles. The molecule has 0 heterocycles. The molecule has 0 amide bonds. The van der Waals surface area contributed by atoms with E-state index in [0.717, 1.165) is 13.0 Å². The lowest BCUT2D eigenvalue weighted by molar-refractivity contribution is 0.317. The molecular formula is C13H24N2S. The number of rotatable bonds is 7. The van der Waals surface area contributed by atoms with Crippen LogP contribution in [0.3, 0.4) is 0 Å². The van der Waals surface area contributed by atoms with Gasteiger partial charge in [0.15, 0.2) is 0 Å². The van der Waals surface area contributed by atoms with E-state index in [-0.39, 0.29) is 5.54 Å². The van der Waals surface area contributed by atoms with Gasteiger partial charge in [-0.05, 0) is 49.7 Å². The van der Waals surface area contributed by atoms with Gasteiger partial charge in [-0.3, -0.25) is 5.32 Å². The van der Waals surface area contributed by atoms with Crippen molar-refractivity contribution in [3.63, 3.8) is 0 Å². The van der Waals surface area contributed by atoms with Crippen LogP contribution in [-0.2, 0) is 0 Å². The number of nitrogens with zero attached hydrogens (tertiary/aromatic N) is 1. The molecule has 1 aliphatic rings. The van der Waals surface area contributed by atoms with E-state index in [2.05, 4.69) is 25.2 Å². The second-order valence-electron chi connectivity index (χ2n) is 4.60. The maximum Gasteiger partial charge on any atom is 0.109 e. The van der Waals surface area contributed by atoms with Crippen molar-refractivity contribution in [3.05, 3.63) is 0 Å². The predicted molar refractivity (Wildman–Crippen MR) is 71.6 cm³/mol. The maximum atomic E-state index is 9.40. The summed E-state index contributed by atoms with van der Waals surface area (Å²) in [5.74, 6) is 3.04. The van der Waals surface area contributed by atoms with Gasteiger partial charge in [-0.25, -0.2) is 0 Å². The Kier molecular flexibility index (Phi) is 6.23. The highest BCUT2D eigenvalue weighted by atomic mass is 32.2. The highest BCUT2D eigenvalue weighted by molar-refractivity contribution is 7.99. The van der Waals surface area contributed by atoms with E-state index in [1.54, 1.807) is 0 Å². The summed E-state index contributed by atoms with van der Waals surface area (Å²) in [5, 5.41) is 12.8. The Bertz CT molecular complexity index is 237. The standard InChI is InChI=1S/C13H24N2S/c1-3-9-16-10-7-12-6-5-8-13(12,11-14)15-4-2/h12,15H,3-10H2,1-2H3. The fourth-order valence-corrected chi connectivity index (χ4v) is 3.62. The number of hydrogen-bond acceptors (Lipinski definition) is 3. The summed E-state index contributed by atoms with van der Waals surface area (Å²) in [6.07, 6.45) is 5.94. The zero-order valence-corrected chi connectivity index (χ0v) is 11.4. The van der Waals surface area contributed by atoms with Gasteiger partial charge in [0.25, 0.3) is 0 Å². The van der Waals surface area contributed by atoms with Crippen LogP contribution in [0, 0.1) is 17.2 Å². The Hall–Kier alpha value is -0.200. The van der Waals surface area contributed by atoms with Crippen molar-refractivity contribution in [1.29, 1.82) is 5.26 Å². The summed E-state index contributed by atoms with van der Waals surface area (Å²) < 4.78 is 0. The fraction of sp³-hybridized carbons (Fsp3) is 0.923. The van der Waals surface area contributed by atoms with E-state index in [1.807, 2.05) is 11.8 Å². The molecule has 0 saturated heterocycles. The van der Waals surface area contributed by atoms with E-state index in [1.165, 1.54) is 37.2 Å². The van der Waals surface area contributed by atoms with Gasteiger partial charge < -0.3 is 0 Å². The molecule has 2 nitrogen and oxygen atoms in total. The minimum absolute atomic E-state index is 0.207. The lowest BCUT2D eigenvalue weighted by Crippen LogP contribution is -2.47. The first kappa shape index (κ1) is 13.9. The average Bonchev–Trinajstić information content (AvgIpc) is 2.69. The monoisotopic (exact) mass is 240 g/mol. The van der Waals surface area contributed by atoms with E-state index in [4.69, 9.17) is 0 Å². The summed E-state index contributed by atoms with van der Waals surface area (Å²) >= 11 is 2.03. The SMILES string of the molecule is CCCSCCC1CCCC1(C#N)NCC. The van der Waals surface area contributed by atoms with E-state index in [9.17, 15) is 5.26 Å². The summed E-state index contributed by atoms with van der Waals surface area (Å²) in [6.45, 7) is 5.23. The van der Waals surface area contributed by atoms with Crippen molar-refractivity contribution in [2.45, 2.75) is 51.5 Å². The molecule has 0 aromatic rings. The van der Waals surface area contributed by atoms with Crippen molar-refractivity contribution < 1.29 is 0 Å². The van der Waals surface area contributed by atoms with Gasteiger partial charge in [-0.2, -0.15) is 17.0 Å². The molecule has 0 radical (unpaired) electrons. The van der Waals surface area contributed by atoms with Crippen LogP contribution in [0.1, 0.15) is 46.0 Å². The van der Waals surface area contributed by atoms with Gasteiger partial charge in [0.05, 0.1) is 6.07 Å². The maximum absolute atomic E-state index is 9.40. The first-order valence-electron chi connectivity index (χ1n) is 6.53. The first-order valence-corrected chi connectivity index (χ1v) is 7.68. The molecule has 0 aromatic carbocycles. The van der Waals surface area contributed by atoms with Crippen LogP contribution in [0.2, 0.25) is 0 Å². The Morgan fingerprint density at radius 2 is 2.25 bits per heavy atom. The number of nitrogens with one attached hydrogen (secondary N) is 1. The normalized spacial score (nSPS) is 29.2. The molecule has 2 atom stereocenters. The molecule has 0 bridgehead atoms. The van der Waals surface area contributed by atoms with Crippen LogP contribution < -0.4 is 5.32 Å². The molecule has 1 N–H and O–H groups in total. The zero-order chi connectivity index (χ0) is 11.9. The topological polar surface area (TPSA) is 35.8 Å². The Morgan fingerprint density at radius 3 is 2.88 bits per heavy atom. The molecule has 92 valence electrons. The Morgan fingerprint density at radius 1 is 1.44 bits per heavy atom. The molecule has 0 spiro atoms. The van der Waals surface area contributed by atoms with Gasteiger partial charge >= 0.3 is 0 Å². The summed E-state index contributed by atoms with van der Waals surface area (Å²) in [6, 6.07) is 2.55. The van der Waals surface area contributed by atoms with Gasteiger partial charge in [-0.1, -0.05) is 20.3 Å². The molecule has 1 fully saturated rings. The van der Waals surface area contributed by atoms with Crippen molar-refractivity contribution >= 4 is 11.8 Å². The van der Waals surface area contributed by atoms with Crippen LogP contribution in [0.25, 0.3) is 0 Å². The number of thioether (sulfide) groups is 1. The quantitative estimate of drug-likeness (QED) is 0.694. The predicted octanol–water partition coefficient (Wildman–Crippen LogP) is 3.19. The smallest absolute Gasteiger partial charge is 0.109 e.